The summed E-state index contributed by atoms with van der Waals surface area (Å²) in [6.07, 6.45) is 0. The number of methoxy groups -OCH3 is 1. The van der Waals surface area contributed by atoms with Gasteiger partial charge in [0.15, 0.2) is 0 Å². The molecule has 0 aliphatic rings. The van der Waals surface area contributed by atoms with Crippen molar-refractivity contribution >= 4 is 11.6 Å². The van der Waals surface area contributed by atoms with Crippen molar-refractivity contribution in [1.29, 1.82) is 0 Å². The summed E-state index contributed by atoms with van der Waals surface area (Å²) in [6, 6.07) is 4.73. The highest BCUT2D eigenvalue weighted by atomic mass is 19.1. The average Bonchev–Trinajstić information content (AvgIpc) is 2.22. The highest BCUT2D eigenvalue weighted by Crippen LogP contribution is 2.08. The maximum absolute atomic E-state index is 12.5. The van der Waals surface area contributed by atoms with Crippen LogP contribution in [0.5, 0.6) is 0 Å². The number of benzene rings is 1. The number of ether oxygens (including phenoxy) is 1. The van der Waals surface area contributed by atoms with E-state index in [-0.39, 0.29) is 18.3 Å². The lowest BCUT2D eigenvalue weighted by Crippen LogP contribution is -2.39. The third-order valence-electron chi connectivity index (χ3n) is 1.79. The Hall–Kier alpha value is -1.46. The SMILES string of the molecule is COCC(N)C(=O)Nc1ccc(F)cc1. The Morgan fingerprint density at radius 3 is 2.67 bits per heavy atom. The summed E-state index contributed by atoms with van der Waals surface area (Å²) in [5, 5.41) is 2.54. The van der Waals surface area contributed by atoms with Crippen LogP contribution < -0.4 is 11.1 Å². The van der Waals surface area contributed by atoms with Gasteiger partial charge < -0.3 is 15.8 Å². The zero-order chi connectivity index (χ0) is 11.3. The lowest BCUT2D eigenvalue weighted by atomic mass is 10.2. The zero-order valence-electron chi connectivity index (χ0n) is 8.37. The van der Waals surface area contributed by atoms with E-state index < -0.39 is 6.04 Å². The number of nitrogens with one attached hydrogen (secondary N) is 1. The third kappa shape index (κ3) is 3.65. The molecule has 1 unspecified atom stereocenters. The Balaban J connectivity index is 2.54. The van der Waals surface area contributed by atoms with E-state index in [1.165, 1.54) is 31.4 Å². The molecule has 0 aliphatic heterocycles. The molecule has 0 saturated heterocycles. The van der Waals surface area contributed by atoms with Crippen LogP contribution in [-0.2, 0) is 9.53 Å². The van der Waals surface area contributed by atoms with Crippen molar-refractivity contribution in [3.63, 3.8) is 0 Å². The molecule has 0 fully saturated rings. The number of carbonyl (C=O) groups is 1. The molecule has 1 atom stereocenters. The normalized spacial score (nSPS) is 12.2. The lowest BCUT2D eigenvalue weighted by Gasteiger charge is -2.10. The quantitative estimate of drug-likeness (QED) is 0.773. The summed E-state index contributed by atoms with van der Waals surface area (Å²) in [6.45, 7) is 0.146. The molecule has 0 saturated carbocycles. The minimum Gasteiger partial charge on any atom is -0.383 e. The monoisotopic (exact) mass is 212 g/mol. The predicted molar refractivity (Wildman–Crippen MR) is 54.9 cm³/mol. The standard InChI is InChI=1S/C10H13FN2O2/c1-15-6-9(12)10(14)13-8-4-2-7(11)3-5-8/h2-5,9H,6,12H2,1H3,(H,13,14). The van der Waals surface area contributed by atoms with E-state index in [0.29, 0.717) is 5.69 Å². The van der Waals surface area contributed by atoms with Crippen molar-refractivity contribution < 1.29 is 13.9 Å². The Morgan fingerprint density at radius 2 is 2.13 bits per heavy atom. The van der Waals surface area contributed by atoms with E-state index in [9.17, 15) is 9.18 Å². The topological polar surface area (TPSA) is 64.3 Å². The number of carbonyl (C=O) groups excluding carboxylic acids is 1. The zero-order valence-corrected chi connectivity index (χ0v) is 8.37. The van der Waals surface area contributed by atoms with Gasteiger partial charge in [-0.25, -0.2) is 4.39 Å². The Kier molecular flexibility index (Phi) is 4.20. The van der Waals surface area contributed by atoms with E-state index in [1.54, 1.807) is 0 Å². The molecule has 1 rings (SSSR count). The number of anilines is 1. The fraction of sp³-hybridized carbons (Fsp3) is 0.300. The molecule has 15 heavy (non-hydrogen) atoms. The first kappa shape index (κ1) is 11.6. The van der Waals surface area contributed by atoms with Crippen LogP contribution in [0.3, 0.4) is 0 Å². The van der Waals surface area contributed by atoms with Crippen molar-refractivity contribution in [1.82, 2.24) is 0 Å². The number of hydrogen-bond acceptors (Lipinski definition) is 3. The Labute approximate surface area is 87.2 Å². The van der Waals surface area contributed by atoms with Gasteiger partial charge in [-0.15, -0.1) is 0 Å². The van der Waals surface area contributed by atoms with Crippen LogP contribution in [0.4, 0.5) is 10.1 Å². The van der Waals surface area contributed by atoms with E-state index in [4.69, 9.17) is 10.5 Å². The molecule has 0 heterocycles. The molecule has 1 amide bonds. The maximum Gasteiger partial charge on any atom is 0.243 e. The second-order valence-corrected chi connectivity index (χ2v) is 3.06. The summed E-state index contributed by atoms with van der Waals surface area (Å²) in [5.74, 6) is -0.711. The van der Waals surface area contributed by atoms with Crippen LogP contribution in [0, 0.1) is 5.82 Å². The van der Waals surface area contributed by atoms with Gasteiger partial charge in [-0.2, -0.15) is 0 Å². The first-order valence-electron chi connectivity index (χ1n) is 4.44. The number of amides is 1. The van der Waals surface area contributed by atoms with Gasteiger partial charge in [-0.3, -0.25) is 4.79 Å². The van der Waals surface area contributed by atoms with E-state index in [2.05, 4.69) is 5.32 Å². The van der Waals surface area contributed by atoms with E-state index >= 15 is 0 Å². The molecule has 82 valence electrons. The molecule has 3 N–H and O–H groups in total. The van der Waals surface area contributed by atoms with Crippen LogP contribution in [0.25, 0.3) is 0 Å². The summed E-state index contributed by atoms with van der Waals surface area (Å²) in [4.78, 5) is 11.4. The fourth-order valence-electron chi connectivity index (χ4n) is 1.02. The van der Waals surface area contributed by atoms with Crippen molar-refractivity contribution in [2.45, 2.75) is 6.04 Å². The first-order valence-corrected chi connectivity index (χ1v) is 4.44. The molecular formula is C10H13FN2O2. The van der Waals surface area contributed by atoms with Gasteiger partial charge in [0.1, 0.15) is 11.9 Å². The Bertz CT molecular complexity index is 327. The van der Waals surface area contributed by atoms with Gasteiger partial charge in [0.2, 0.25) is 5.91 Å². The summed E-state index contributed by atoms with van der Waals surface area (Å²) < 4.78 is 17.3. The minimum absolute atomic E-state index is 0.146. The minimum atomic E-state index is -0.722. The van der Waals surface area contributed by atoms with Gasteiger partial charge in [0, 0.05) is 12.8 Å². The van der Waals surface area contributed by atoms with E-state index in [0.717, 1.165) is 0 Å². The molecule has 0 radical (unpaired) electrons. The van der Waals surface area contributed by atoms with Gasteiger partial charge in [-0.1, -0.05) is 0 Å². The molecule has 4 nitrogen and oxygen atoms in total. The van der Waals surface area contributed by atoms with Crippen LogP contribution >= 0.6 is 0 Å². The van der Waals surface area contributed by atoms with E-state index in [1.807, 2.05) is 0 Å². The lowest BCUT2D eigenvalue weighted by molar-refractivity contribution is -0.118. The molecule has 1 aromatic carbocycles. The largest absolute Gasteiger partial charge is 0.383 e. The predicted octanol–water partition coefficient (Wildman–Crippen LogP) is 0.738. The second kappa shape index (κ2) is 5.43. The molecule has 0 bridgehead atoms. The highest BCUT2D eigenvalue weighted by Gasteiger charge is 2.12. The number of hydrogen-bond donors (Lipinski definition) is 2. The summed E-state index contributed by atoms with van der Waals surface area (Å²) >= 11 is 0. The maximum atomic E-state index is 12.5. The smallest absolute Gasteiger partial charge is 0.243 e. The number of halogens is 1. The van der Waals surface area contributed by atoms with Gasteiger partial charge in [0.25, 0.3) is 0 Å². The molecule has 0 aromatic heterocycles. The highest BCUT2D eigenvalue weighted by molar-refractivity contribution is 5.94. The number of nitrogens with two attached hydrogens (primary N) is 1. The molecular weight excluding hydrogens is 199 g/mol. The molecule has 5 heteroatoms. The second-order valence-electron chi connectivity index (χ2n) is 3.06. The number of rotatable bonds is 4. The molecule has 0 spiro atoms. The molecule has 0 aliphatic carbocycles. The Morgan fingerprint density at radius 1 is 1.53 bits per heavy atom. The first-order chi connectivity index (χ1) is 7.13. The van der Waals surface area contributed by atoms with Crippen LogP contribution in [0.2, 0.25) is 0 Å². The van der Waals surface area contributed by atoms with Gasteiger partial charge in [0.05, 0.1) is 6.61 Å². The van der Waals surface area contributed by atoms with Gasteiger partial charge in [-0.05, 0) is 24.3 Å². The fourth-order valence-corrected chi connectivity index (χ4v) is 1.02. The summed E-state index contributed by atoms with van der Waals surface area (Å²) in [5.41, 5.74) is 6.00. The summed E-state index contributed by atoms with van der Waals surface area (Å²) in [7, 11) is 1.46. The van der Waals surface area contributed by atoms with Gasteiger partial charge >= 0.3 is 0 Å². The average molecular weight is 212 g/mol. The van der Waals surface area contributed by atoms with Crippen molar-refractivity contribution in [2.24, 2.45) is 5.73 Å². The van der Waals surface area contributed by atoms with Crippen LogP contribution in [0.15, 0.2) is 24.3 Å². The van der Waals surface area contributed by atoms with Crippen LogP contribution in [0.1, 0.15) is 0 Å². The van der Waals surface area contributed by atoms with Crippen LogP contribution in [-0.4, -0.2) is 25.7 Å². The van der Waals surface area contributed by atoms with Crippen molar-refractivity contribution in [3.8, 4) is 0 Å². The van der Waals surface area contributed by atoms with Crippen molar-refractivity contribution in [3.05, 3.63) is 30.1 Å². The van der Waals surface area contributed by atoms with Crippen molar-refractivity contribution in [2.75, 3.05) is 19.0 Å². The third-order valence-corrected chi connectivity index (χ3v) is 1.79. The molecule has 1 aromatic rings.